The van der Waals surface area contributed by atoms with Gasteiger partial charge in [0.25, 0.3) is 0 Å². The summed E-state index contributed by atoms with van der Waals surface area (Å²) in [7, 11) is 0. The van der Waals surface area contributed by atoms with Crippen molar-refractivity contribution >= 4 is 33.5 Å². The van der Waals surface area contributed by atoms with Crippen LogP contribution in [0, 0.1) is 29.4 Å². The summed E-state index contributed by atoms with van der Waals surface area (Å²) >= 11 is 0. The molecule has 0 spiro atoms. The Balaban J connectivity index is 1.33. The lowest BCUT2D eigenvalue weighted by Crippen LogP contribution is -2.44. The largest absolute Gasteiger partial charge is 0.475 e. The SMILES string of the molecule is C#Cc1c(F)ccc2cc(OC(=O)C(C)(C)C)cc(-c3nc4c5c(nc(OC[C@@]67CCCN6C[C@H](F)C7)nc5c3F)N3CCCC[C@H]3CO4)c12. The van der Waals surface area contributed by atoms with Crippen molar-refractivity contribution < 1.29 is 32.2 Å². The van der Waals surface area contributed by atoms with Crippen LogP contribution in [0.25, 0.3) is 32.9 Å². The molecule has 260 valence electrons. The highest BCUT2D eigenvalue weighted by Gasteiger charge is 2.49. The molecule has 0 amide bonds. The molecule has 50 heavy (non-hydrogen) atoms. The van der Waals surface area contributed by atoms with E-state index in [-0.39, 0.29) is 64.6 Å². The zero-order valence-electron chi connectivity index (χ0n) is 28.3. The highest BCUT2D eigenvalue weighted by molar-refractivity contribution is 6.04. The summed E-state index contributed by atoms with van der Waals surface area (Å²) in [5, 5.41) is 0.950. The van der Waals surface area contributed by atoms with Gasteiger partial charge in [0.1, 0.15) is 53.4 Å². The van der Waals surface area contributed by atoms with Crippen LogP contribution in [0.1, 0.15) is 64.9 Å². The number of anilines is 1. The summed E-state index contributed by atoms with van der Waals surface area (Å²) in [5.41, 5.74) is -1.58. The van der Waals surface area contributed by atoms with Crippen LogP contribution in [0.5, 0.6) is 17.6 Å². The second kappa shape index (κ2) is 12.0. The third-order valence-electron chi connectivity index (χ3n) is 10.5. The number of esters is 1. The van der Waals surface area contributed by atoms with Crippen molar-refractivity contribution in [3.63, 3.8) is 0 Å². The van der Waals surface area contributed by atoms with Gasteiger partial charge in [-0.05, 0) is 83.0 Å². The van der Waals surface area contributed by atoms with Crippen molar-refractivity contribution in [3.05, 3.63) is 41.5 Å². The van der Waals surface area contributed by atoms with E-state index in [9.17, 15) is 9.18 Å². The number of alkyl halides is 1. The molecule has 2 aromatic heterocycles. The van der Waals surface area contributed by atoms with Crippen LogP contribution in [0.3, 0.4) is 0 Å². The summed E-state index contributed by atoms with van der Waals surface area (Å²) in [6, 6.07) is 5.65. The van der Waals surface area contributed by atoms with Gasteiger partial charge in [0.15, 0.2) is 5.82 Å². The standard InChI is InChI=1S/C38H38F3N5O4/c1-5-25-27(40)11-10-21-15-24(50-35(47)37(2,3)4)16-26(28(21)25)31-30(41)32-29-33(46-14-7-6-9-23(46)19-48-34(29)42-31)44-36(43-32)49-20-38-12-8-13-45(38)18-22(39)17-38/h1,10-11,15-16,22-23H,6-9,12-14,17-20H2,2-4H3/t22-,23+,38+/m1/s1. The highest BCUT2D eigenvalue weighted by atomic mass is 19.1. The molecule has 0 bridgehead atoms. The van der Waals surface area contributed by atoms with Gasteiger partial charge in [-0.3, -0.25) is 9.69 Å². The molecular formula is C38H38F3N5O4. The van der Waals surface area contributed by atoms with Gasteiger partial charge >= 0.3 is 12.0 Å². The van der Waals surface area contributed by atoms with E-state index in [0.29, 0.717) is 36.1 Å². The number of carbonyl (C=O) groups excluding carboxylic acids is 1. The molecule has 9 nitrogen and oxygen atoms in total. The molecule has 0 unspecified atom stereocenters. The number of carbonyl (C=O) groups is 1. The van der Waals surface area contributed by atoms with Crippen LogP contribution < -0.4 is 19.1 Å². The Labute approximate surface area is 288 Å². The lowest BCUT2D eigenvalue weighted by molar-refractivity contribution is -0.142. The molecule has 0 saturated carbocycles. The molecule has 3 fully saturated rings. The van der Waals surface area contributed by atoms with Gasteiger partial charge < -0.3 is 19.1 Å². The van der Waals surface area contributed by atoms with Crippen LogP contribution in [0.4, 0.5) is 19.0 Å². The molecule has 0 aliphatic carbocycles. The average Bonchev–Trinajstić information content (AvgIpc) is 3.56. The fourth-order valence-electron chi connectivity index (χ4n) is 7.99. The van der Waals surface area contributed by atoms with Crippen LogP contribution in [0.2, 0.25) is 0 Å². The number of aromatic nitrogens is 3. The lowest BCUT2D eigenvalue weighted by atomic mass is 9.95. The Kier molecular flexibility index (Phi) is 7.82. The summed E-state index contributed by atoms with van der Waals surface area (Å²) < 4.78 is 65.4. The molecule has 3 atom stereocenters. The number of rotatable bonds is 5. The van der Waals surface area contributed by atoms with Crippen LogP contribution in [-0.2, 0) is 4.79 Å². The maximum atomic E-state index is 17.3. The quantitative estimate of drug-likeness (QED) is 0.128. The van der Waals surface area contributed by atoms with E-state index in [0.717, 1.165) is 38.6 Å². The summed E-state index contributed by atoms with van der Waals surface area (Å²) in [5.74, 6) is 1.09. The first-order chi connectivity index (χ1) is 24.0. The van der Waals surface area contributed by atoms with Crippen LogP contribution >= 0.6 is 0 Å². The molecule has 0 N–H and O–H groups in total. The van der Waals surface area contributed by atoms with E-state index < -0.39 is 34.7 Å². The fraction of sp³-hybridized carbons (Fsp3) is 0.474. The first-order valence-electron chi connectivity index (χ1n) is 17.2. The van der Waals surface area contributed by atoms with Gasteiger partial charge in [-0.15, -0.1) is 6.42 Å². The minimum absolute atomic E-state index is 0.0302. The van der Waals surface area contributed by atoms with E-state index in [4.69, 9.17) is 30.6 Å². The number of nitrogens with zero attached hydrogens (tertiary/aromatic N) is 5. The zero-order valence-corrected chi connectivity index (χ0v) is 28.3. The Morgan fingerprint density at radius 3 is 2.76 bits per heavy atom. The monoisotopic (exact) mass is 685 g/mol. The number of halogens is 3. The van der Waals surface area contributed by atoms with Crippen molar-refractivity contribution in [3.8, 4) is 41.2 Å². The first kappa shape index (κ1) is 32.6. The summed E-state index contributed by atoms with van der Waals surface area (Å²) in [6.07, 6.45) is 9.73. The van der Waals surface area contributed by atoms with E-state index in [2.05, 4.69) is 20.7 Å². The fourth-order valence-corrected chi connectivity index (χ4v) is 7.99. The number of fused-ring (bicyclic) bond motifs is 4. The normalized spacial score (nSPS) is 23.3. The van der Waals surface area contributed by atoms with Gasteiger partial charge in [-0.1, -0.05) is 12.0 Å². The third-order valence-corrected chi connectivity index (χ3v) is 10.5. The molecular weight excluding hydrogens is 647 g/mol. The predicted molar refractivity (Wildman–Crippen MR) is 182 cm³/mol. The molecule has 4 aromatic rings. The molecule has 3 saturated heterocycles. The molecule has 0 radical (unpaired) electrons. The second-order valence-corrected chi connectivity index (χ2v) is 14.9. The Hall–Kier alpha value is -4.63. The van der Waals surface area contributed by atoms with Crippen molar-refractivity contribution in [2.75, 3.05) is 37.7 Å². The number of piperidine rings is 1. The Morgan fingerprint density at radius 2 is 1.96 bits per heavy atom. The number of hydrogen-bond donors (Lipinski definition) is 0. The van der Waals surface area contributed by atoms with Crippen molar-refractivity contribution in [1.29, 1.82) is 0 Å². The molecule has 2 aromatic carbocycles. The Bertz CT molecular complexity index is 2100. The number of pyridine rings is 1. The maximum Gasteiger partial charge on any atom is 0.319 e. The van der Waals surface area contributed by atoms with E-state index in [1.54, 1.807) is 26.8 Å². The third kappa shape index (κ3) is 5.37. The first-order valence-corrected chi connectivity index (χ1v) is 17.2. The van der Waals surface area contributed by atoms with Gasteiger partial charge in [0.2, 0.25) is 5.88 Å². The second-order valence-electron chi connectivity index (χ2n) is 14.9. The smallest absolute Gasteiger partial charge is 0.319 e. The van der Waals surface area contributed by atoms with Gasteiger partial charge in [-0.2, -0.15) is 9.97 Å². The summed E-state index contributed by atoms with van der Waals surface area (Å²) in [4.78, 5) is 31.3. The lowest BCUT2D eigenvalue weighted by Gasteiger charge is -2.35. The van der Waals surface area contributed by atoms with Crippen molar-refractivity contribution in [1.82, 2.24) is 19.9 Å². The number of terminal acetylenes is 1. The minimum Gasteiger partial charge on any atom is -0.475 e. The van der Waals surface area contributed by atoms with E-state index >= 15 is 8.78 Å². The van der Waals surface area contributed by atoms with E-state index in [1.807, 2.05) is 0 Å². The maximum absolute atomic E-state index is 17.3. The van der Waals surface area contributed by atoms with Gasteiger partial charge in [0.05, 0.1) is 22.6 Å². The number of ether oxygens (including phenoxy) is 3. The molecule has 6 heterocycles. The zero-order chi connectivity index (χ0) is 34.9. The van der Waals surface area contributed by atoms with Crippen molar-refractivity contribution in [2.24, 2.45) is 5.41 Å². The Morgan fingerprint density at radius 1 is 1.12 bits per heavy atom. The summed E-state index contributed by atoms with van der Waals surface area (Å²) in [6.45, 7) is 7.45. The molecule has 8 rings (SSSR count). The van der Waals surface area contributed by atoms with Gasteiger partial charge in [-0.25, -0.2) is 18.2 Å². The average molecular weight is 686 g/mol. The topological polar surface area (TPSA) is 89.9 Å². The number of hydrogen-bond acceptors (Lipinski definition) is 9. The molecule has 12 heteroatoms. The number of benzene rings is 2. The highest BCUT2D eigenvalue weighted by Crippen LogP contribution is 2.45. The molecule has 4 aliphatic rings. The van der Waals surface area contributed by atoms with Gasteiger partial charge in [0, 0.05) is 30.5 Å². The van der Waals surface area contributed by atoms with Crippen LogP contribution in [-0.4, -0.2) is 76.4 Å². The predicted octanol–water partition coefficient (Wildman–Crippen LogP) is 6.76. The van der Waals surface area contributed by atoms with E-state index in [1.165, 1.54) is 18.2 Å². The van der Waals surface area contributed by atoms with Crippen LogP contribution in [0.15, 0.2) is 24.3 Å². The van der Waals surface area contributed by atoms with Crippen molar-refractivity contribution in [2.45, 2.75) is 77.0 Å². The minimum atomic E-state index is -0.938. The molecule has 4 aliphatic heterocycles.